The van der Waals surface area contributed by atoms with Gasteiger partial charge in [-0.25, -0.2) is 4.79 Å². The summed E-state index contributed by atoms with van der Waals surface area (Å²) in [6, 6.07) is 9.53. The lowest BCUT2D eigenvalue weighted by Crippen LogP contribution is -2.15. The van der Waals surface area contributed by atoms with E-state index in [2.05, 4.69) is 21.2 Å². The summed E-state index contributed by atoms with van der Waals surface area (Å²) in [5.41, 5.74) is 7.77. The first-order valence-corrected chi connectivity index (χ1v) is 6.88. The molecule has 1 amide bonds. The second kappa shape index (κ2) is 5.97. The lowest BCUT2D eigenvalue weighted by Gasteiger charge is -2.10. The minimum atomic E-state index is -1.11. The standard InChI is InChI=1S/C15H13BrN2O3/c1-8-6-9(2-4-12(8)17)14(19)18-13-5-3-10(16)7-11(13)15(20)21/h2-7H,17H2,1H3,(H,18,19)(H,20,21). The van der Waals surface area contributed by atoms with Gasteiger partial charge in [0.1, 0.15) is 0 Å². The van der Waals surface area contributed by atoms with Crippen molar-refractivity contribution in [2.75, 3.05) is 11.1 Å². The second-order valence-corrected chi connectivity index (χ2v) is 5.44. The van der Waals surface area contributed by atoms with Crippen LogP contribution in [0, 0.1) is 6.92 Å². The Balaban J connectivity index is 2.31. The molecule has 108 valence electrons. The van der Waals surface area contributed by atoms with Gasteiger partial charge in [0, 0.05) is 15.7 Å². The van der Waals surface area contributed by atoms with Crippen molar-refractivity contribution in [3.63, 3.8) is 0 Å². The number of rotatable bonds is 3. The molecule has 2 aromatic rings. The Morgan fingerprint density at radius 3 is 2.52 bits per heavy atom. The number of carbonyl (C=O) groups is 2. The summed E-state index contributed by atoms with van der Waals surface area (Å²) in [5.74, 6) is -1.50. The minimum absolute atomic E-state index is 0.0184. The van der Waals surface area contributed by atoms with E-state index in [4.69, 9.17) is 10.8 Å². The van der Waals surface area contributed by atoms with Gasteiger partial charge in [-0.1, -0.05) is 15.9 Å². The van der Waals surface area contributed by atoms with Crippen molar-refractivity contribution >= 4 is 39.2 Å². The number of hydrogen-bond acceptors (Lipinski definition) is 3. The first-order valence-electron chi connectivity index (χ1n) is 6.09. The summed E-state index contributed by atoms with van der Waals surface area (Å²) in [6.45, 7) is 1.80. The number of benzene rings is 2. The zero-order valence-corrected chi connectivity index (χ0v) is 12.8. The highest BCUT2D eigenvalue weighted by atomic mass is 79.9. The number of hydrogen-bond donors (Lipinski definition) is 3. The molecule has 0 heterocycles. The number of carboxylic acid groups (broad SMARTS) is 1. The van der Waals surface area contributed by atoms with Crippen LogP contribution in [-0.2, 0) is 0 Å². The second-order valence-electron chi connectivity index (χ2n) is 4.52. The molecule has 2 rings (SSSR count). The Morgan fingerprint density at radius 2 is 1.90 bits per heavy atom. The first kappa shape index (κ1) is 15.1. The summed E-state index contributed by atoms with van der Waals surface area (Å²) >= 11 is 3.20. The van der Waals surface area contributed by atoms with Gasteiger partial charge in [0.05, 0.1) is 11.3 Å². The van der Waals surface area contributed by atoms with Gasteiger partial charge >= 0.3 is 5.97 Å². The summed E-state index contributed by atoms with van der Waals surface area (Å²) < 4.78 is 0.626. The van der Waals surface area contributed by atoms with E-state index in [9.17, 15) is 9.59 Å². The predicted molar refractivity (Wildman–Crippen MR) is 84.6 cm³/mol. The molecule has 0 unspecified atom stereocenters. The van der Waals surface area contributed by atoms with Crippen LogP contribution in [0.2, 0.25) is 0 Å². The topological polar surface area (TPSA) is 92.4 Å². The van der Waals surface area contributed by atoms with Crippen molar-refractivity contribution < 1.29 is 14.7 Å². The molecular weight excluding hydrogens is 336 g/mol. The van der Waals surface area contributed by atoms with E-state index in [1.54, 1.807) is 31.2 Å². The maximum atomic E-state index is 12.2. The number of anilines is 2. The molecular formula is C15H13BrN2O3. The van der Waals surface area contributed by atoms with Crippen LogP contribution in [0.25, 0.3) is 0 Å². The molecule has 0 aliphatic heterocycles. The van der Waals surface area contributed by atoms with Crippen LogP contribution in [-0.4, -0.2) is 17.0 Å². The molecule has 21 heavy (non-hydrogen) atoms. The van der Waals surface area contributed by atoms with E-state index >= 15 is 0 Å². The molecule has 0 aromatic heterocycles. The molecule has 2 aromatic carbocycles. The predicted octanol–water partition coefficient (Wildman–Crippen LogP) is 3.29. The van der Waals surface area contributed by atoms with E-state index in [-0.39, 0.29) is 17.2 Å². The third kappa shape index (κ3) is 3.41. The third-order valence-electron chi connectivity index (χ3n) is 2.99. The fraction of sp³-hybridized carbons (Fsp3) is 0.0667. The lowest BCUT2D eigenvalue weighted by molar-refractivity contribution is 0.0698. The van der Waals surface area contributed by atoms with Gasteiger partial charge in [-0.3, -0.25) is 4.79 Å². The Labute approximate surface area is 129 Å². The monoisotopic (exact) mass is 348 g/mol. The maximum absolute atomic E-state index is 12.2. The molecule has 4 N–H and O–H groups in total. The van der Waals surface area contributed by atoms with Crippen LogP contribution in [0.1, 0.15) is 26.3 Å². The number of nitrogens with two attached hydrogens (primary N) is 1. The molecule has 0 spiro atoms. The molecule has 0 fully saturated rings. The zero-order chi connectivity index (χ0) is 15.6. The zero-order valence-electron chi connectivity index (χ0n) is 11.2. The average molecular weight is 349 g/mol. The molecule has 5 nitrogen and oxygen atoms in total. The SMILES string of the molecule is Cc1cc(C(=O)Nc2ccc(Br)cc2C(=O)O)ccc1N. The number of aryl methyl sites for hydroxylation is 1. The smallest absolute Gasteiger partial charge is 0.337 e. The van der Waals surface area contributed by atoms with Crippen molar-refractivity contribution in [2.24, 2.45) is 0 Å². The highest BCUT2D eigenvalue weighted by Gasteiger charge is 2.14. The molecule has 0 bridgehead atoms. The molecule has 0 saturated carbocycles. The van der Waals surface area contributed by atoms with Gasteiger partial charge in [-0.15, -0.1) is 0 Å². The quantitative estimate of drug-likeness (QED) is 0.742. The molecule has 0 aliphatic rings. The van der Waals surface area contributed by atoms with Gasteiger partial charge in [0.25, 0.3) is 5.91 Å². The van der Waals surface area contributed by atoms with E-state index in [1.807, 2.05) is 0 Å². The molecule has 0 radical (unpaired) electrons. The van der Waals surface area contributed by atoms with Crippen molar-refractivity contribution in [1.29, 1.82) is 0 Å². The highest BCUT2D eigenvalue weighted by Crippen LogP contribution is 2.22. The Hall–Kier alpha value is -2.34. The van der Waals surface area contributed by atoms with Crippen LogP contribution in [0.4, 0.5) is 11.4 Å². The van der Waals surface area contributed by atoms with Crippen LogP contribution in [0.5, 0.6) is 0 Å². The fourth-order valence-corrected chi connectivity index (χ4v) is 2.17. The van der Waals surface area contributed by atoms with E-state index < -0.39 is 5.97 Å². The summed E-state index contributed by atoms with van der Waals surface area (Å²) in [7, 11) is 0. The van der Waals surface area contributed by atoms with Crippen LogP contribution in [0.15, 0.2) is 40.9 Å². The third-order valence-corrected chi connectivity index (χ3v) is 3.49. The molecule has 0 aliphatic carbocycles. The van der Waals surface area contributed by atoms with Crippen molar-refractivity contribution in [1.82, 2.24) is 0 Å². The largest absolute Gasteiger partial charge is 0.478 e. The number of halogens is 1. The van der Waals surface area contributed by atoms with Crippen molar-refractivity contribution in [2.45, 2.75) is 6.92 Å². The van der Waals surface area contributed by atoms with Gasteiger partial charge in [-0.2, -0.15) is 0 Å². The van der Waals surface area contributed by atoms with Gasteiger partial charge in [0.2, 0.25) is 0 Å². The first-order chi connectivity index (χ1) is 9.88. The Bertz CT molecular complexity index is 729. The summed E-state index contributed by atoms with van der Waals surface area (Å²) in [4.78, 5) is 23.4. The van der Waals surface area contributed by atoms with Crippen molar-refractivity contribution in [3.8, 4) is 0 Å². The highest BCUT2D eigenvalue weighted by molar-refractivity contribution is 9.10. The van der Waals surface area contributed by atoms with Crippen LogP contribution >= 0.6 is 15.9 Å². The number of nitrogens with one attached hydrogen (secondary N) is 1. The average Bonchev–Trinajstić information content (AvgIpc) is 2.43. The summed E-state index contributed by atoms with van der Waals surface area (Å²) in [6.07, 6.45) is 0. The number of amides is 1. The van der Waals surface area contributed by atoms with Crippen LogP contribution < -0.4 is 11.1 Å². The summed E-state index contributed by atoms with van der Waals surface area (Å²) in [5, 5.41) is 11.8. The van der Waals surface area contributed by atoms with E-state index in [0.29, 0.717) is 15.7 Å². The maximum Gasteiger partial charge on any atom is 0.337 e. The van der Waals surface area contributed by atoms with E-state index in [1.165, 1.54) is 12.1 Å². The lowest BCUT2D eigenvalue weighted by atomic mass is 10.1. The number of carboxylic acids is 1. The Morgan fingerprint density at radius 1 is 1.19 bits per heavy atom. The Kier molecular flexibility index (Phi) is 4.28. The van der Waals surface area contributed by atoms with E-state index in [0.717, 1.165) is 5.56 Å². The molecule has 0 atom stereocenters. The van der Waals surface area contributed by atoms with Crippen molar-refractivity contribution in [3.05, 3.63) is 57.6 Å². The molecule has 6 heteroatoms. The number of aromatic carboxylic acids is 1. The normalized spacial score (nSPS) is 10.2. The minimum Gasteiger partial charge on any atom is -0.478 e. The number of nitrogen functional groups attached to an aromatic ring is 1. The van der Waals surface area contributed by atoms with Crippen LogP contribution in [0.3, 0.4) is 0 Å². The van der Waals surface area contributed by atoms with Gasteiger partial charge in [-0.05, 0) is 48.9 Å². The fourth-order valence-electron chi connectivity index (χ4n) is 1.81. The van der Waals surface area contributed by atoms with Gasteiger partial charge < -0.3 is 16.2 Å². The number of carbonyl (C=O) groups excluding carboxylic acids is 1. The van der Waals surface area contributed by atoms with Gasteiger partial charge in [0.15, 0.2) is 0 Å². The molecule has 0 saturated heterocycles.